The summed E-state index contributed by atoms with van der Waals surface area (Å²) in [4.78, 5) is 0. The van der Waals surface area contributed by atoms with Crippen molar-refractivity contribution in [1.82, 2.24) is 0 Å². The van der Waals surface area contributed by atoms with Gasteiger partial charge in [0, 0.05) is 19.5 Å². The van der Waals surface area contributed by atoms with Gasteiger partial charge in [-0.1, -0.05) is 0 Å². The third kappa shape index (κ3) is 10.9. The first-order valence-electron chi connectivity index (χ1n) is 21.1. The molecule has 22 heterocycles. The van der Waals surface area contributed by atoms with E-state index in [1.807, 2.05) is 0 Å². The van der Waals surface area contributed by atoms with Gasteiger partial charge in [-0.3, -0.25) is 0 Å². The zero-order valence-electron chi connectivity index (χ0n) is 35.2. The third-order valence-electron chi connectivity index (χ3n) is 12.7. The summed E-state index contributed by atoms with van der Waals surface area (Å²) < 4.78 is 67.9. The van der Waals surface area contributed by atoms with Crippen molar-refractivity contribution in [2.45, 2.75) is 184 Å². The van der Waals surface area contributed by atoms with Crippen LogP contribution in [0.3, 0.4) is 0 Å². The number of rotatable bonds is 6. The Morgan fingerprint density at radius 2 is 0.313 bits per heavy atom. The first-order valence-corrected chi connectivity index (χ1v) is 21.1. The molecule has 0 radical (unpaired) electrons. The van der Waals surface area contributed by atoms with Gasteiger partial charge < -0.3 is 149 Å². The summed E-state index contributed by atoms with van der Waals surface area (Å²) in [6.45, 7) is -5.99. The molecule has 22 aliphatic rings. The van der Waals surface area contributed by atoms with Crippen LogP contribution in [0.4, 0.5) is 0 Å². The summed E-state index contributed by atoms with van der Waals surface area (Å²) in [6.07, 6.45) is -58.5. The Balaban J connectivity index is 0.00000741. The van der Waals surface area contributed by atoms with Crippen LogP contribution in [0.5, 0.6) is 0 Å². The Morgan fingerprint density at radius 3 is 0.418 bits per heavy atom. The molecule has 0 amide bonds. The van der Waals surface area contributed by atoms with Crippen molar-refractivity contribution in [3.8, 4) is 0 Å². The molecule has 0 saturated carbocycles. The van der Waals surface area contributed by atoms with Crippen LogP contribution < -0.4 is 0 Å². The molecular weight excluding hydrogens is 978 g/mol. The molecule has 67 heavy (non-hydrogen) atoms. The maximum atomic E-state index is 11.2. The number of hydrogen-bond donors (Lipinski definition) is 18. The average Bonchev–Trinajstić information content (AvgIpc) is 3.31. The molecule has 22 rings (SSSR count). The van der Waals surface area contributed by atoms with Gasteiger partial charge in [0.15, 0.2) is 37.7 Å². The van der Waals surface area contributed by atoms with Crippen molar-refractivity contribution >= 4 is 0 Å². The molecule has 30 atom stereocenters. The molecule has 0 aromatic carbocycles. The first-order chi connectivity index (χ1) is 31.4. The largest absolute Gasteiger partial charge is 0.394 e. The van der Waals surface area contributed by atoms with E-state index in [2.05, 4.69) is 0 Å². The average molecular weight is 1040 g/mol. The van der Waals surface area contributed by atoms with Gasteiger partial charge in [0.2, 0.25) is 0 Å². The van der Waals surface area contributed by atoms with Gasteiger partial charge >= 0.3 is 0 Å². The van der Waals surface area contributed by atoms with Crippen molar-refractivity contribution in [3.05, 3.63) is 0 Å². The number of aliphatic hydroxyl groups is 18. The van der Waals surface area contributed by atoms with E-state index in [4.69, 9.17) is 56.8 Å². The molecule has 22 fully saturated rings. The van der Waals surface area contributed by atoms with Gasteiger partial charge in [-0.2, -0.15) is 0 Å². The van der Waals surface area contributed by atoms with Crippen molar-refractivity contribution in [1.29, 1.82) is 0 Å². The Kier molecular flexibility index (Phi) is 19.6. The zero-order valence-corrected chi connectivity index (χ0v) is 38.2. The summed E-state index contributed by atoms with van der Waals surface area (Å²) in [7, 11) is 0. The minimum absolute atomic E-state index is 0. The molecule has 386 valence electrons. The summed E-state index contributed by atoms with van der Waals surface area (Å²) in [5.74, 6) is 0. The fraction of sp³-hybridized carbons (Fsp3) is 1.00. The third-order valence-corrected chi connectivity index (χ3v) is 12.7. The van der Waals surface area contributed by atoms with Gasteiger partial charge in [-0.05, 0) is 0 Å². The molecule has 0 aromatic heterocycles. The molecule has 0 aliphatic carbocycles. The van der Waals surface area contributed by atoms with E-state index in [0.29, 0.717) is 0 Å². The predicted octanol–water partition coefficient (Wildman–Crippen LogP) is -13.1. The van der Waals surface area contributed by atoms with Crippen LogP contribution >= 0.6 is 0 Å². The molecule has 0 aromatic rings. The maximum Gasteiger partial charge on any atom is 0.187 e. The maximum absolute atomic E-state index is 11.2. The Bertz CT molecular complexity index is 1240. The number of hydrogen-bond acceptors (Lipinski definition) is 30. The summed E-state index contributed by atoms with van der Waals surface area (Å²) in [5, 5.41) is 196. The molecule has 18 N–H and O–H groups in total. The number of aliphatic hydroxyl groups excluding tert-OH is 18. The zero-order chi connectivity index (χ0) is 48.0. The summed E-state index contributed by atoms with van der Waals surface area (Å²) >= 11 is 0. The van der Waals surface area contributed by atoms with E-state index in [1.165, 1.54) is 0 Å². The van der Waals surface area contributed by atoms with Crippen LogP contribution in [0.15, 0.2) is 0 Å². The fourth-order valence-electron chi connectivity index (χ4n) is 8.93. The second-order valence-corrected chi connectivity index (χ2v) is 16.8. The summed E-state index contributed by atoms with van der Waals surface area (Å²) in [5.41, 5.74) is 0. The van der Waals surface area contributed by atoms with Gasteiger partial charge in [0.25, 0.3) is 0 Å². The van der Waals surface area contributed by atoms with Crippen LogP contribution in [0.2, 0.25) is 0 Å². The topological polar surface area (TPSA) is 475 Å². The Hall–Kier alpha value is -0.577. The van der Waals surface area contributed by atoms with Crippen molar-refractivity contribution in [2.75, 3.05) is 39.6 Å². The van der Waals surface area contributed by atoms with E-state index in [1.54, 1.807) is 0 Å². The normalized spacial score (nSPS) is 54.5. The molecule has 12 bridgehead atoms. The van der Waals surface area contributed by atoms with Gasteiger partial charge in [-0.15, -0.1) is 0 Å². The monoisotopic (exact) mass is 1040 g/mol. The standard InChI is InChI=1S/C36H60O30.Zn/c37-1-7-25-13(43)19(49)31(55-7)62-26-8(2-38)57-33(21(51)15(26)45)64-28-10(4-40)59-35(23(53)17(28)47)66-30-12(6-42)60-36(24(54)18(30)48)65-29-11(5-41)58-34(22(52)16(29)46)63-27-9(3-39)56-32(61-25)20(50)14(27)44;/h7-54H,1-6H2;/t7-,8-,9-,10-,11-,12-,13-,14-,15-,16-,17-,18-,19-,20-,21-,22-,23-,24-,25-,26-,27-,28-,29-,30-,31-,32-,33-,34-,35-,36-;/m1./s1. The van der Waals surface area contributed by atoms with E-state index >= 15 is 0 Å². The number of ether oxygens (including phenoxy) is 12. The van der Waals surface area contributed by atoms with Crippen LogP contribution in [0.1, 0.15) is 0 Å². The van der Waals surface area contributed by atoms with E-state index in [-0.39, 0.29) is 19.5 Å². The second kappa shape index (κ2) is 23.5. The fourth-order valence-corrected chi connectivity index (χ4v) is 8.93. The minimum Gasteiger partial charge on any atom is -0.394 e. The molecule has 22 saturated heterocycles. The SMILES string of the molecule is OC[C@H]1O[C@@H]2O[C@H]3[C@H](O)[C@@H](O)[C@@H](O[C@H]4[C@H](O)[C@@H](O)[C@@H](O[C@H]5[C@H](O)[C@@H](O)[C@@H](O[C@H]6[C@H](O)[C@@H](O)[C@@H](O[C@H]7[C@H](O)[C@@H](O)[C@@H](O[C@H]1[C@H](O)[C@H]2O)O[C@@H]7CO)O[C@@H]6CO)O[C@@H]5CO)O[C@@H]4CO)O[C@@H]3CO.[Zn]. The Labute approximate surface area is 391 Å². The molecular formula is C36H60O30Zn. The van der Waals surface area contributed by atoms with Crippen molar-refractivity contribution in [2.24, 2.45) is 0 Å². The molecule has 22 aliphatic heterocycles. The van der Waals surface area contributed by atoms with Gasteiger partial charge in [0.1, 0.15) is 146 Å². The molecule has 0 unspecified atom stereocenters. The summed E-state index contributed by atoms with van der Waals surface area (Å²) in [6, 6.07) is 0. The second-order valence-electron chi connectivity index (χ2n) is 16.8. The Morgan fingerprint density at radius 1 is 0.194 bits per heavy atom. The van der Waals surface area contributed by atoms with Crippen LogP contribution in [0, 0.1) is 0 Å². The van der Waals surface area contributed by atoms with Crippen LogP contribution in [-0.2, 0) is 76.3 Å². The smallest absolute Gasteiger partial charge is 0.187 e. The minimum atomic E-state index is -2.15. The van der Waals surface area contributed by atoms with E-state index in [9.17, 15) is 91.9 Å². The molecule has 30 nitrogen and oxygen atoms in total. The predicted molar refractivity (Wildman–Crippen MR) is 196 cm³/mol. The van der Waals surface area contributed by atoms with Crippen molar-refractivity contribution < 1.29 is 168 Å². The molecule has 31 heteroatoms. The van der Waals surface area contributed by atoms with E-state index < -0.39 is 224 Å². The first kappa shape index (κ1) is 55.7. The van der Waals surface area contributed by atoms with Gasteiger partial charge in [-0.25, -0.2) is 0 Å². The quantitative estimate of drug-likeness (QED) is 0.110. The molecule has 0 spiro atoms. The van der Waals surface area contributed by atoms with E-state index in [0.717, 1.165) is 0 Å². The van der Waals surface area contributed by atoms with Crippen LogP contribution in [-0.4, -0.2) is 316 Å². The van der Waals surface area contributed by atoms with Gasteiger partial charge in [0.05, 0.1) is 39.6 Å². The van der Waals surface area contributed by atoms with Crippen molar-refractivity contribution in [3.63, 3.8) is 0 Å². The van der Waals surface area contributed by atoms with Crippen LogP contribution in [0.25, 0.3) is 0 Å².